The molecule has 88 valence electrons. The molecule has 0 aromatic carbocycles. The summed E-state index contributed by atoms with van der Waals surface area (Å²) in [4.78, 5) is 11.2. The smallest absolute Gasteiger partial charge is 0.322 e. The molecule has 0 aromatic heterocycles. The van der Waals surface area contributed by atoms with E-state index in [0.717, 1.165) is 32.3 Å². The van der Waals surface area contributed by atoms with Gasteiger partial charge in [-0.05, 0) is 25.7 Å². The van der Waals surface area contributed by atoms with Gasteiger partial charge in [-0.3, -0.25) is 10.1 Å². The van der Waals surface area contributed by atoms with Gasteiger partial charge in [-0.15, -0.1) is 12.4 Å². The fourth-order valence-electron chi connectivity index (χ4n) is 2.31. The predicted octanol–water partition coefficient (Wildman–Crippen LogP) is 0.881. The van der Waals surface area contributed by atoms with E-state index in [1.165, 1.54) is 7.11 Å². The Kier molecular flexibility index (Phi) is 4.83. The molecule has 0 aliphatic carbocycles. The average molecular weight is 236 g/mol. The van der Waals surface area contributed by atoms with E-state index >= 15 is 0 Å². The van der Waals surface area contributed by atoms with Crippen molar-refractivity contribution in [1.29, 1.82) is 0 Å². The topological polar surface area (TPSA) is 47.6 Å². The molecule has 1 unspecified atom stereocenters. The maximum atomic E-state index is 11.2. The molecular formula is C10H18ClNO3. The van der Waals surface area contributed by atoms with Gasteiger partial charge in [0.15, 0.2) is 0 Å². The molecule has 15 heavy (non-hydrogen) atoms. The van der Waals surface area contributed by atoms with Gasteiger partial charge in [-0.1, -0.05) is 0 Å². The van der Waals surface area contributed by atoms with E-state index in [2.05, 4.69) is 5.32 Å². The lowest BCUT2D eigenvalue weighted by Crippen LogP contribution is -2.41. The zero-order valence-corrected chi connectivity index (χ0v) is 9.72. The quantitative estimate of drug-likeness (QED) is 0.722. The fourth-order valence-corrected chi connectivity index (χ4v) is 2.31. The van der Waals surface area contributed by atoms with E-state index in [9.17, 15) is 4.79 Å². The standard InChI is InChI=1S/C10H17NO3.ClH/c1-13-10(12)8-5-4-7(11-8)9-3-2-6-14-9;/h7-9,11H,2-6H2,1H3;1H/t7-,8+,9?;/m1./s1. The van der Waals surface area contributed by atoms with Crippen LogP contribution in [0.4, 0.5) is 0 Å². The van der Waals surface area contributed by atoms with Crippen LogP contribution in [0.3, 0.4) is 0 Å². The largest absolute Gasteiger partial charge is 0.468 e. The molecule has 0 amide bonds. The molecule has 2 aliphatic heterocycles. The van der Waals surface area contributed by atoms with Crippen molar-refractivity contribution in [2.24, 2.45) is 0 Å². The molecule has 2 saturated heterocycles. The van der Waals surface area contributed by atoms with Gasteiger partial charge in [-0.2, -0.15) is 0 Å². The monoisotopic (exact) mass is 235 g/mol. The van der Waals surface area contributed by atoms with Gasteiger partial charge in [0.2, 0.25) is 0 Å². The van der Waals surface area contributed by atoms with E-state index in [0.29, 0.717) is 12.1 Å². The van der Waals surface area contributed by atoms with Crippen molar-refractivity contribution >= 4 is 18.4 Å². The van der Waals surface area contributed by atoms with Crippen LogP contribution in [0.15, 0.2) is 0 Å². The van der Waals surface area contributed by atoms with Gasteiger partial charge >= 0.3 is 5.97 Å². The lowest BCUT2D eigenvalue weighted by atomic mass is 10.1. The third-order valence-electron chi connectivity index (χ3n) is 3.08. The third kappa shape index (κ3) is 2.83. The van der Waals surface area contributed by atoms with Crippen molar-refractivity contribution in [3.8, 4) is 0 Å². The number of halogens is 1. The van der Waals surface area contributed by atoms with Gasteiger partial charge in [0.25, 0.3) is 0 Å². The Balaban J connectivity index is 0.00000112. The summed E-state index contributed by atoms with van der Waals surface area (Å²) >= 11 is 0. The molecule has 2 rings (SSSR count). The summed E-state index contributed by atoms with van der Waals surface area (Å²) in [5.74, 6) is -0.148. The first-order chi connectivity index (χ1) is 6.81. The highest BCUT2D eigenvalue weighted by atomic mass is 35.5. The minimum absolute atomic E-state index is 0. The van der Waals surface area contributed by atoms with Crippen molar-refractivity contribution in [1.82, 2.24) is 5.32 Å². The lowest BCUT2D eigenvalue weighted by Gasteiger charge is -2.18. The van der Waals surface area contributed by atoms with Crippen LogP contribution in [0.5, 0.6) is 0 Å². The highest BCUT2D eigenvalue weighted by Gasteiger charge is 2.35. The summed E-state index contributed by atoms with van der Waals surface area (Å²) in [6.07, 6.45) is 4.46. The van der Waals surface area contributed by atoms with Gasteiger partial charge < -0.3 is 9.47 Å². The van der Waals surface area contributed by atoms with Crippen molar-refractivity contribution < 1.29 is 14.3 Å². The number of esters is 1. The van der Waals surface area contributed by atoms with E-state index in [1.807, 2.05) is 0 Å². The van der Waals surface area contributed by atoms with Crippen LogP contribution >= 0.6 is 12.4 Å². The number of rotatable bonds is 2. The Morgan fingerprint density at radius 2 is 2.20 bits per heavy atom. The van der Waals surface area contributed by atoms with Gasteiger partial charge in [0, 0.05) is 12.6 Å². The van der Waals surface area contributed by atoms with Crippen molar-refractivity contribution in [2.75, 3.05) is 13.7 Å². The van der Waals surface area contributed by atoms with Gasteiger partial charge in [0.1, 0.15) is 6.04 Å². The molecule has 3 atom stereocenters. The van der Waals surface area contributed by atoms with Crippen LogP contribution in [0.1, 0.15) is 25.7 Å². The zero-order valence-electron chi connectivity index (χ0n) is 8.90. The third-order valence-corrected chi connectivity index (χ3v) is 3.08. The van der Waals surface area contributed by atoms with E-state index in [4.69, 9.17) is 9.47 Å². The second-order valence-corrected chi connectivity index (χ2v) is 3.98. The Morgan fingerprint density at radius 1 is 1.40 bits per heavy atom. The SMILES string of the molecule is COC(=O)[C@@H]1CC[C@H](C2CCCO2)N1.Cl. The Hall–Kier alpha value is -0.320. The summed E-state index contributed by atoms with van der Waals surface area (Å²) in [6, 6.07) is 0.232. The lowest BCUT2D eigenvalue weighted by molar-refractivity contribution is -0.142. The molecule has 0 bridgehead atoms. The van der Waals surface area contributed by atoms with Crippen LogP contribution in [-0.2, 0) is 14.3 Å². The predicted molar refractivity (Wildman–Crippen MR) is 58.2 cm³/mol. The number of nitrogens with one attached hydrogen (secondary N) is 1. The summed E-state index contributed by atoms with van der Waals surface area (Å²) in [5, 5.41) is 3.28. The van der Waals surface area contributed by atoms with E-state index < -0.39 is 0 Å². The zero-order chi connectivity index (χ0) is 9.97. The minimum atomic E-state index is -0.148. The van der Waals surface area contributed by atoms with Crippen LogP contribution in [0.25, 0.3) is 0 Å². The first kappa shape index (κ1) is 12.7. The van der Waals surface area contributed by atoms with Crippen molar-refractivity contribution in [3.05, 3.63) is 0 Å². The van der Waals surface area contributed by atoms with Gasteiger partial charge in [-0.25, -0.2) is 0 Å². The molecule has 0 radical (unpaired) electrons. The molecule has 0 spiro atoms. The molecule has 2 fully saturated rings. The van der Waals surface area contributed by atoms with Crippen LogP contribution in [0, 0.1) is 0 Å². The Bertz CT molecular complexity index is 219. The van der Waals surface area contributed by atoms with Crippen LogP contribution < -0.4 is 5.32 Å². The highest BCUT2D eigenvalue weighted by molar-refractivity contribution is 5.85. The number of carbonyl (C=O) groups excluding carboxylic acids is 1. The molecule has 2 aliphatic rings. The molecule has 0 saturated carbocycles. The first-order valence-corrected chi connectivity index (χ1v) is 5.26. The van der Waals surface area contributed by atoms with E-state index in [-0.39, 0.29) is 24.4 Å². The number of hydrogen-bond acceptors (Lipinski definition) is 4. The fraction of sp³-hybridized carbons (Fsp3) is 0.900. The minimum Gasteiger partial charge on any atom is -0.468 e. The Morgan fingerprint density at radius 3 is 2.80 bits per heavy atom. The first-order valence-electron chi connectivity index (χ1n) is 5.26. The number of methoxy groups -OCH3 is 1. The number of hydrogen-bond donors (Lipinski definition) is 1. The van der Waals surface area contributed by atoms with E-state index in [1.54, 1.807) is 0 Å². The van der Waals surface area contributed by atoms with Crippen LogP contribution in [-0.4, -0.2) is 37.9 Å². The maximum Gasteiger partial charge on any atom is 0.322 e. The molecular weight excluding hydrogens is 218 g/mol. The molecule has 0 aromatic rings. The number of carbonyl (C=O) groups is 1. The van der Waals surface area contributed by atoms with Crippen molar-refractivity contribution in [3.63, 3.8) is 0 Å². The van der Waals surface area contributed by atoms with Crippen molar-refractivity contribution in [2.45, 2.75) is 43.9 Å². The number of ether oxygens (including phenoxy) is 2. The second kappa shape index (κ2) is 5.68. The summed E-state index contributed by atoms with van der Waals surface area (Å²) in [6.45, 7) is 0.867. The normalized spacial score (nSPS) is 34.9. The average Bonchev–Trinajstić information content (AvgIpc) is 2.86. The molecule has 1 N–H and O–H groups in total. The summed E-state index contributed by atoms with van der Waals surface area (Å²) in [7, 11) is 1.43. The van der Waals surface area contributed by atoms with Gasteiger partial charge in [0.05, 0.1) is 13.2 Å². The highest BCUT2D eigenvalue weighted by Crippen LogP contribution is 2.24. The molecule has 5 heteroatoms. The Labute approximate surface area is 96.1 Å². The summed E-state index contributed by atoms with van der Waals surface area (Å²) < 4.78 is 10.3. The maximum absolute atomic E-state index is 11.2. The molecule has 2 heterocycles. The van der Waals surface area contributed by atoms with Crippen LogP contribution in [0.2, 0.25) is 0 Å². The second-order valence-electron chi connectivity index (χ2n) is 3.98. The summed E-state index contributed by atoms with van der Waals surface area (Å²) in [5.41, 5.74) is 0. The molecule has 4 nitrogen and oxygen atoms in total.